The van der Waals surface area contributed by atoms with Crippen LogP contribution in [0.15, 0.2) is 71.3 Å². The quantitative estimate of drug-likeness (QED) is 0.742. The van der Waals surface area contributed by atoms with E-state index in [2.05, 4.69) is 10.6 Å². The van der Waals surface area contributed by atoms with Crippen LogP contribution in [0.1, 0.15) is 16.1 Å². The zero-order valence-electron chi connectivity index (χ0n) is 13.2. The molecule has 2 N–H and O–H groups in total. The molecule has 1 heterocycles. The lowest BCUT2D eigenvalue weighted by Crippen LogP contribution is -2.14. The topological polar surface area (TPSA) is 71.3 Å². The third-order valence-electron chi connectivity index (χ3n) is 3.43. The number of carbonyl (C=O) groups excluding carboxylic acids is 2. The first-order chi connectivity index (χ1) is 12.1. The van der Waals surface area contributed by atoms with Gasteiger partial charge in [-0.2, -0.15) is 0 Å². The number of anilines is 2. The van der Waals surface area contributed by atoms with E-state index in [-0.39, 0.29) is 29.8 Å². The Morgan fingerprint density at radius 2 is 1.64 bits per heavy atom. The molecule has 126 valence electrons. The van der Waals surface area contributed by atoms with Crippen LogP contribution in [0.25, 0.3) is 0 Å². The van der Waals surface area contributed by atoms with Crippen molar-refractivity contribution in [2.75, 3.05) is 10.6 Å². The van der Waals surface area contributed by atoms with Crippen LogP contribution in [0.3, 0.4) is 0 Å². The van der Waals surface area contributed by atoms with E-state index in [1.165, 1.54) is 18.4 Å². The first kappa shape index (κ1) is 16.4. The minimum absolute atomic E-state index is 0.0781. The lowest BCUT2D eigenvalue weighted by Gasteiger charge is -2.07. The number of halogens is 1. The van der Waals surface area contributed by atoms with E-state index >= 15 is 0 Å². The van der Waals surface area contributed by atoms with Gasteiger partial charge in [0.25, 0.3) is 5.91 Å². The van der Waals surface area contributed by atoms with E-state index in [0.717, 1.165) is 0 Å². The smallest absolute Gasteiger partial charge is 0.291 e. The Labute approximate surface area is 143 Å². The van der Waals surface area contributed by atoms with Crippen molar-refractivity contribution in [3.8, 4) is 0 Å². The van der Waals surface area contributed by atoms with E-state index in [1.807, 2.05) is 0 Å². The maximum Gasteiger partial charge on any atom is 0.291 e. The van der Waals surface area contributed by atoms with Gasteiger partial charge in [-0.25, -0.2) is 4.39 Å². The van der Waals surface area contributed by atoms with Crippen molar-refractivity contribution in [1.82, 2.24) is 0 Å². The number of hydrogen-bond donors (Lipinski definition) is 2. The van der Waals surface area contributed by atoms with Gasteiger partial charge in [-0.15, -0.1) is 0 Å². The molecule has 1 aromatic heterocycles. The van der Waals surface area contributed by atoms with E-state index in [4.69, 9.17) is 4.42 Å². The van der Waals surface area contributed by atoms with E-state index in [9.17, 15) is 14.0 Å². The highest BCUT2D eigenvalue weighted by molar-refractivity contribution is 6.02. The SMILES string of the molecule is O=C(Cc1cccc(F)c1)Nc1ccc(NC(=O)c2ccco2)cc1. The molecule has 0 aliphatic rings. The normalized spacial score (nSPS) is 10.3. The minimum Gasteiger partial charge on any atom is -0.459 e. The van der Waals surface area contributed by atoms with Gasteiger partial charge in [0, 0.05) is 11.4 Å². The summed E-state index contributed by atoms with van der Waals surface area (Å²) in [5.74, 6) is -0.764. The third-order valence-corrected chi connectivity index (χ3v) is 3.43. The van der Waals surface area contributed by atoms with Crippen molar-refractivity contribution >= 4 is 23.2 Å². The predicted molar refractivity (Wildman–Crippen MR) is 91.8 cm³/mol. The lowest BCUT2D eigenvalue weighted by atomic mass is 10.1. The second-order valence-electron chi connectivity index (χ2n) is 5.36. The maximum atomic E-state index is 13.1. The number of benzene rings is 2. The Hall–Kier alpha value is -3.41. The molecule has 0 aliphatic carbocycles. The van der Waals surface area contributed by atoms with Gasteiger partial charge in [-0.1, -0.05) is 12.1 Å². The van der Waals surface area contributed by atoms with Crippen LogP contribution in [-0.4, -0.2) is 11.8 Å². The van der Waals surface area contributed by atoms with Crippen LogP contribution >= 0.6 is 0 Å². The molecule has 0 unspecified atom stereocenters. The predicted octanol–water partition coefficient (Wildman–Crippen LogP) is 3.85. The van der Waals surface area contributed by atoms with Crippen LogP contribution in [0, 0.1) is 5.82 Å². The molecule has 0 spiro atoms. The summed E-state index contributed by atoms with van der Waals surface area (Å²) in [6, 6.07) is 15.8. The molecule has 5 nitrogen and oxygen atoms in total. The minimum atomic E-state index is -0.373. The van der Waals surface area contributed by atoms with E-state index in [1.54, 1.807) is 48.5 Å². The molecule has 0 saturated heterocycles. The van der Waals surface area contributed by atoms with Crippen molar-refractivity contribution in [3.63, 3.8) is 0 Å². The first-order valence-corrected chi connectivity index (χ1v) is 7.59. The number of hydrogen-bond acceptors (Lipinski definition) is 3. The fraction of sp³-hybridized carbons (Fsp3) is 0.0526. The second kappa shape index (κ2) is 7.44. The summed E-state index contributed by atoms with van der Waals surface area (Å²) in [6.45, 7) is 0. The van der Waals surface area contributed by atoms with Crippen LogP contribution in [0.5, 0.6) is 0 Å². The zero-order valence-corrected chi connectivity index (χ0v) is 13.2. The van der Waals surface area contributed by atoms with Crippen molar-refractivity contribution in [2.45, 2.75) is 6.42 Å². The monoisotopic (exact) mass is 338 g/mol. The highest BCUT2D eigenvalue weighted by Crippen LogP contribution is 2.15. The fourth-order valence-corrected chi connectivity index (χ4v) is 2.27. The molecular weight excluding hydrogens is 323 g/mol. The van der Waals surface area contributed by atoms with Gasteiger partial charge < -0.3 is 15.1 Å². The maximum absolute atomic E-state index is 13.1. The van der Waals surface area contributed by atoms with Gasteiger partial charge in [0.05, 0.1) is 12.7 Å². The lowest BCUT2D eigenvalue weighted by molar-refractivity contribution is -0.115. The number of rotatable bonds is 5. The van der Waals surface area contributed by atoms with Gasteiger partial charge >= 0.3 is 0 Å². The zero-order chi connectivity index (χ0) is 17.6. The molecule has 0 radical (unpaired) electrons. The van der Waals surface area contributed by atoms with Crippen LogP contribution < -0.4 is 10.6 Å². The molecule has 0 bridgehead atoms. The molecule has 2 amide bonds. The standard InChI is InChI=1S/C19H15FN2O3/c20-14-4-1-3-13(11-14)12-18(23)21-15-6-8-16(9-7-15)22-19(24)17-5-2-10-25-17/h1-11H,12H2,(H,21,23)(H,22,24). The summed E-state index contributed by atoms with van der Waals surface area (Å²) in [5, 5.41) is 5.41. The van der Waals surface area contributed by atoms with Gasteiger partial charge in [0.15, 0.2) is 5.76 Å². The summed E-state index contributed by atoms with van der Waals surface area (Å²) in [4.78, 5) is 23.9. The Morgan fingerprint density at radius 3 is 2.28 bits per heavy atom. The molecule has 0 aliphatic heterocycles. The summed E-state index contributed by atoms with van der Waals surface area (Å²) >= 11 is 0. The molecule has 0 fully saturated rings. The van der Waals surface area contributed by atoms with Crippen molar-refractivity contribution in [1.29, 1.82) is 0 Å². The van der Waals surface area contributed by atoms with Gasteiger partial charge in [-0.05, 0) is 54.1 Å². The first-order valence-electron chi connectivity index (χ1n) is 7.59. The number of furan rings is 1. The van der Waals surface area contributed by atoms with E-state index in [0.29, 0.717) is 16.9 Å². The average Bonchev–Trinajstić information content (AvgIpc) is 3.11. The third kappa shape index (κ3) is 4.54. The van der Waals surface area contributed by atoms with Gasteiger partial charge in [0.1, 0.15) is 5.82 Å². The Kier molecular flexibility index (Phi) is 4.89. The summed E-state index contributed by atoms with van der Waals surface area (Å²) < 4.78 is 18.1. The molecule has 3 rings (SSSR count). The average molecular weight is 338 g/mol. The van der Waals surface area contributed by atoms with Crippen molar-refractivity contribution in [3.05, 3.63) is 84.1 Å². The summed E-state index contributed by atoms with van der Waals surface area (Å²) in [7, 11) is 0. The van der Waals surface area contributed by atoms with Crippen LogP contribution in [0.4, 0.5) is 15.8 Å². The Balaban J connectivity index is 1.57. The second-order valence-corrected chi connectivity index (χ2v) is 5.36. The largest absolute Gasteiger partial charge is 0.459 e. The molecule has 0 saturated carbocycles. The Morgan fingerprint density at radius 1 is 0.920 bits per heavy atom. The van der Waals surface area contributed by atoms with Crippen molar-refractivity contribution in [2.24, 2.45) is 0 Å². The summed E-state index contributed by atoms with van der Waals surface area (Å²) in [6.07, 6.45) is 1.50. The molecule has 6 heteroatoms. The van der Waals surface area contributed by atoms with Crippen molar-refractivity contribution < 1.29 is 18.4 Å². The number of nitrogens with one attached hydrogen (secondary N) is 2. The highest BCUT2D eigenvalue weighted by atomic mass is 19.1. The highest BCUT2D eigenvalue weighted by Gasteiger charge is 2.09. The fourth-order valence-electron chi connectivity index (χ4n) is 2.27. The number of carbonyl (C=O) groups is 2. The molecule has 3 aromatic rings. The van der Waals surface area contributed by atoms with E-state index < -0.39 is 0 Å². The van der Waals surface area contributed by atoms with Gasteiger partial charge in [-0.3, -0.25) is 9.59 Å². The van der Waals surface area contributed by atoms with Crippen LogP contribution in [-0.2, 0) is 11.2 Å². The summed E-state index contributed by atoms with van der Waals surface area (Å²) in [5.41, 5.74) is 1.75. The molecule has 0 atom stereocenters. The molecular formula is C19H15FN2O3. The number of amides is 2. The molecule has 25 heavy (non-hydrogen) atoms. The van der Waals surface area contributed by atoms with Gasteiger partial charge in [0.2, 0.25) is 5.91 Å². The Bertz CT molecular complexity index is 874. The van der Waals surface area contributed by atoms with Crippen LogP contribution in [0.2, 0.25) is 0 Å². The molecule has 2 aromatic carbocycles.